The predicted octanol–water partition coefficient (Wildman–Crippen LogP) is 3.18. The Kier molecular flexibility index (Phi) is 5.68. The molecule has 3 nitrogen and oxygen atoms in total. The van der Waals surface area contributed by atoms with Crippen LogP contribution in [-0.4, -0.2) is 11.9 Å². The van der Waals surface area contributed by atoms with Crippen LogP contribution in [0.25, 0.3) is 0 Å². The molecule has 100 valence electrons. The smallest absolute Gasteiger partial charge is 0.224 e. The molecule has 0 radical (unpaired) electrons. The summed E-state index contributed by atoms with van der Waals surface area (Å²) in [7, 11) is 0. The molecule has 0 heterocycles. The van der Waals surface area contributed by atoms with Gasteiger partial charge in [0, 0.05) is 18.5 Å². The van der Waals surface area contributed by atoms with Crippen molar-refractivity contribution in [1.82, 2.24) is 0 Å². The zero-order valence-electron chi connectivity index (χ0n) is 9.97. The molecule has 1 aromatic carbocycles. The van der Waals surface area contributed by atoms with Crippen LogP contribution in [-0.2, 0) is 4.79 Å². The van der Waals surface area contributed by atoms with Crippen LogP contribution in [0, 0.1) is 11.6 Å². The van der Waals surface area contributed by atoms with Crippen molar-refractivity contribution in [2.45, 2.75) is 32.2 Å². The molecule has 0 aliphatic carbocycles. The van der Waals surface area contributed by atoms with Crippen molar-refractivity contribution in [3.8, 4) is 0 Å². The molecule has 0 aliphatic heterocycles. The lowest BCUT2D eigenvalue weighted by Crippen LogP contribution is -2.17. The first-order chi connectivity index (χ1) is 8.40. The average molecular weight is 321 g/mol. The normalized spacial score (nSPS) is 12.3. The van der Waals surface area contributed by atoms with Crippen LogP contribution in [0.2, 0.25) is 0 Å². The van der Waals surface area contributed by atoms with Crippen LogP contribution in [0.15, 0.2) is 16.6 Å². The summed E-state index contributed by atoms with van der Waals surface area (Å²) in [5, 5.41) is 2.34. The number of carbonyl (C=O) groups excluding carboxylic acids is 1. The van der Waals surface area contributed by atoms with E-state index in [9.17, 15) is 13.6 Å². The largest absolute Gasteiger partial charge is 0.328 e. The maximum Gasteiger partial charge on any atom is 0.224 e. The maximum absolute atomic E-state index is 13.4. The summed E-state index contributed by atoms with van der Waals surface area (Å²) < 4.78 is 26.6. The Hall–Kier alpha value is -1.01. The summed E-state index contributed by atoms with van der Waals surface area (Å²) in [6, 6.07) is 1.95. The Balaban J connectivity index is 2.57. The molecular weight excluding hydrogens is 306 g/mol. The van der Waals surface area contributed by atoms with Crippen molar-refractivity contribution >= 4 is 27.5 Å². The second-order valence-corrected chi connectivity index (χ2v) is 5.02. The molecule has 1 rings (SSSR count). The Morgan fingerprint density at radius 1 is 1.44 bits per heavy atom. The summed E-state index contributed by atoms with van der Waals surface area (Å²) in [5.41, 5.74) is 5.39. The second-order valence-electron chi connectivity index (χ2n) is 4.16. The first-order valence-corrected chi connectivity index (χ1v) is 6.39. The fourth-order valence-corrected chi connectivity index (χ4v) is 1.73. The number of carbonyl (C=O) groups is 1. The van der Waals surface area contributed by atoms with Gasteiger partial charge in [0.05, 0.1) is 10.2 Å². The number of halogens is 3. The van der Waals surface area contributed by atoms with E-state index in [0.717, 1.165) is 12.1 Å². The molecule has 0 spiro atoms. The molecule has 0 aliphatic rings. The van der Waals surface area contributed by atoms with E-state index in [1.807, 2.05) is 6.92 Å². The maximum atomic E-state index is 13.4. The van der Waals surface area contributed by atoms with Gasteiger partial charge in [-0.1, -0.05) is 0 Å². The first-order valence-electron chi connectivity index (χ1n) is 5.60. The van der Waals surface area contributed by atoms with E-state index in [-0.39, 0.29) is 28.5 Å². The molecule has 0 saturated heterocycles. The highest BCUT2D eigenvalue weighted by molar-refractivity contribution is 9.10. The zero-order valence-corrected chi connectivity index (χ0v) is 11.6. The van der Waals surface area contributed by atoms with E-state index in [2.05, 4.69) is 21.2 Å². The highest BCUT2D eigenvalue weighted by Gasteiger charge is 2.11. The van der Waals surface area contributed by atoms with E-state index >= 15 is 0 Å². The van der Waals surface area contributed by atoms with E-state index in [4.69, 9.17) is 5.73 Å². The molecule has 1 atom stereocenters. The van der Waals surface area contributed by atoms with E-state index < -0.39 is 11.6 Å². The van der Waals surface area contributed by atoms with Gasteiger partial charge in [0.25, 0.3) is 0 Å². The van der Waals surface area contributed by atoms with Crippen molar-refractivity contribution in [3.05, 3.63) is 28.2 Å². The minimum Gasteiger partial charge on any atom is -0.328 e. The monoisotopic (exact) mass is 320 g/mol. The van der Waals surface area contributed by atoms with Gasteiger partial charge in [-0.05, 0) is 41.8 Å². The van der Waals surface area contributed by atoms with Crippen molar-refractivity contribution in [1.29, 1.82) is 0 Å². The van der Waals surface area contributed by atoms with Crippen LogP contribution >= 0.6 is 15.9 Å². The number of benzene rings is 1. The molecule has 0 fully saturated rings. The predicted molar refractivity (Wildman–Crippen MR) is 70.2 cm³/mol. The van der Waals surface area contributed by atoms with Gasteiger partial charge in [0.15, 0.2) is 0 Å². The molecule has 0 bridgehead atoms. The number of anilines is 1. The van der Waals surface area contributed by atoms with Gasteiger partial charge in [0.2, 0.25) is 5.91 Å². The molecule has 0 saturated carbocycles. The molecule has 6 heteroatoms. The number of nitrogens with one attached hydrogen (secondary N) is 1. The van der Waals surface area contributed by atoms with Gasteiger partial charge in [-0.25, -0.2) is 8.78 Å². The van der Waals surface area contributed by atoms with Gasteiger partial charge in [-0.3, -0.25) is 4.79 Å². The highest BCUT2D eigenvalue weighted by Crippen LogP contribution is 2.23. The topological polar surface area (TPSA) is 55.1 Å². The summed E-state index contributed by atoms with van der Waals surface area (Å²) in [6.07, 6.45) is 1.56. The third-order valence-corrected chi connectivity index (χ3v) is 2.96. The van der Waals surface area contributed by atoms with Gasteiger partial charge >= 0.3 is 0 Å². The molecule has 3 N–H and O–H groups in total. The third kappa shape index (κ3) is 4.70. The van der Waals surface area contributed by atoms with Crippen molar-refractivity contribution in [2.75, 3.05) is 5.32 Å². The van der Waals surface area contributed by atoms with Crippen LogP contribution in [0.4, 0.5) is 14.5 Å². The van der Waals surface area contributed by atoms with Crippen molar-refractivity contribution in [2.24, 2.45) is 5.73 Å². The van der Waals surface area contributed by atoms with Crippen LogP contribution in [0.1, 0.15) is 26.2 Å². The third-order valence-electron chi connectivity index (χ3n) is 2.35. The fourth-order valence-electron chi connectivity index (χ4n) is 1.42. The zero-order chi connectivity index (χ0) is 13.7. The quantitative estimate of drug-likeness (QED) is 0.819. The Morgan fingerprint density at radius 3 is 2.72 bits per heavy atom. The van der Waals surface area contributed by atoms with Gasteiger partial charge in [0.1, 0.15) is 11.6 Å². The number of hydrogen-bond acceptors (Lipinski definition) is 2. The van der Waals surface area contributed by atoms with Crippen molar-refractivity contribution in [3.63, 3.8) is 0 Å². The lowest BCUT2D eigenvalue weighted by atomic mass is 10.1. The van der Waals surface area contributed by atoms with Crippen LogP contribution < -0.4 is 11.1 Å². The Labute approximate surface area is 113 Å². The van der Waals surface area contributed by atoms with E-state index in [1.54, 1.807) is 0 Å². The van der Waals surface area contributed by atoms with Crippen molar-refractivity contribution < 1.29 is 13.6 Å². The minimum atomic E-state index is -0.677. The van der Waals surface area contributed by atoms with E-state index in [0.29, 0.717) is 12.8 Å². The summed E-state index contributed by atoms with van der Waals surface area (Å²) >= 11 is 2.86. The lowest BCUT2D eigenvalue weighted by Gasteiger charge is -2.08. The van der Waals surface area contributed by atoms with Gasteiger partial charge in [-0.2, -0.15) is 0 Å². The fraction of sp³-hybridized carbons (Fsp3) is 0.417. The summed E-state index contributed by atoms with van der Waals surface area (Å²) in [6.45, 7) is 1.85. The van der Waals surface area contributed by atoms with E-state index in [1.165, 1.54) is 0 Å². The highest BCUT2D eigenvalue weighted by atomic mass is 79.9. The molecule has 1 amide bonds. The average Bonchev–Trinajstić information content (AvgIpc) is 2.25. The van der Waals surface area contributed by atoms with Gasteiger partial charge in [-0.15, -0.1) is 0 Å². The molecule has 1 unspecified atom stereocenters. The molecule has 18 heavy (non-hydrogen) atoms. The molecule has 1 aromatic rings. The van der Waals surface area contributed by atoms with Crippen LogP contribution in [0.3, 0.4) is 0 Å². The standard InChI is InChI=1S/C12H15BrF2N2O/c1-7(16)3-2-4-12(18)17-11-6-9(14)8(13)5-10(11)15/h5-7H,2-4,16H2,1H3,(H,17,18). The number of amides is 1. The summed E-state index contributed by atoms with van der Waals surface area (Å²) in [5.74, 6) is -1.65. The number of nitrogens with two attached hydrogens (primary N) is 1. The second kappa shape index (κ2) is 6.80. The Morgan fingerprint density at radius 2 is 2.11 bits per heavy atom. The first kappa shape index (κ1) is 15.0. The molecule has 0 aromatic heterocycles. The molecular formula is C12H15BrF2N2O. The van der Waals surface area contributed by atoms with Crippen LogP contribution in [0.5, 0.6) is 0 Å². The minimum absolute atomic E-state index is 0.0231. The lowest BCUT2D eigenvalue weighted by molar-refractivity contribution is -0.116. The van der Waals surface area contributed by atoms with Gasteiger partial charge < -0.3 is 11.1 Å². The number of rotatable bonds is 5. The number of hydrogen-bond donors (Lipinski definition) is 2. The summed E-state index contributed by atoms with van der Waals surface area (Å²) in [4.78, 5) is 11.5. The Bertz CT molecular complexity index is 438. The SMILES string of the molecule is CC(N)CCCC(=O)Nc1cc(F)c(Br)cc1F.